The molecule has 0 aliphatic rings. The highest BCUT2D eigenvalue weighted by atomic mass is 32.2. The Morgan fingerprint density at radius 1 is 1.11 bits per heavy atom. The van der Waals surface area contributed by atoms with Gasteiger partial charge in [-0.25, -0.2) is 18.2 Å². The molecule has 0 aliphatic carbocycles. The number of carbonyl (C=O) groups excluding carboxylic acids is 1. The van der Waals surface area contributed by atoms with Gasteiger partial charge in [-0.1, -0.05) is 37.3 Å². The number of sulfone groups is 1. The Hall–Kier alpha value is -2.51. The maximum absolute atomic E-state index is 12.5. The number of esters is 1. The summed E-state index contributed by atoms with van der Waals surface area (Å²) < 4.78 is 30.3. The van der Waals surface area contributed by atoms with Crippen molar-refractivity contribution in [3.8, 4) is 0 Å². The van der Waals surface area contributed by atoms with Gasteiger partial charge in [-0.05, 0) is 36.2 Å². The molecule has 7 heteroatoms. The van der Waals surface area contributed by atoms with Crippen LogP contribution in [0.25, 0.3) is 0 Å². The quantitative estimate of drug-likeness (QED) is 0.559. The van der Waals surface area contributed by atoms with E-state index in [0.717, 1.165) is 11.4 Å². The average molecular weight is 402 g/mol. The molecule has 27 heavy (non-hydrogen) atoms. The molecule has 140 valence electrons. The summed E-state index contributed by atoms with van der Waals surface area (Å²) in [5, 5.41) is 2.86. The van der Waals surface area contributed by atoms with Crippen LogP contribution in [0.2, 0.25) is 0 Å². The minimum absolute atomic E-state index is 0.0991. The summed E-state index contributed by atoms with van der Waals surface area (Å²) in [6.45, 7) is 2.12. The van der Waals surface area contributed by atoms with E-state index in [1.807, 2.05) is 12.3 Å². The van der Waals surface area contributed by atoms with Gasteiger partial charge in [-0.3, -0.25) is 0 Å². The third-order valence-corrected chi connectivity index (χ3v) is 6.62. The molecule has 1 aromatic heterocycles. The van der Waals surface area contributed by atoms with E-state index in [9.17, 15) is 13.2 Å². The van der Waals surface area contributed by atoms with Crippen molar-refractivity contribution in [2.75, 3.05) is 0 Å². The number of benzene rings is 2. The molecule has 0 saturated heterocycles. The minimum atomic E-state index is -3.47. The zero-order valence-corrected chi connectivity index (χ0v) is 16.4. The second kappa shape index (κ2) is 8.45. The van der Waals surface area contributed by atoms with Gasteiger partial charge in [0.25, 0.3) is 0 Å². The molecule has 0 fully saturated rings. The Labute approximate surface area is 162 Å². The molecule has 0 saturated carbocycles. The highest BCUT2D eigenvalue weighted by Crippen LogP contribution is 2.18. The van der Waals surface area contributed by atoms with Crippen molar-refractivity contribution in [1.82, 2.24) is 4.98 Å². The SMILES string of the molecule is CCc1nc(COC(=O)c2cccc(CS(=O)(=O)c3ccccc3)c2)cs1. The first-order valence-corrected chi connectivity index (χ1v) is 11.0. The summed E-state index contributed by atoms with van der Waals surface area (Å²) in [5.74, 6) is -0.677. The number of rotatable bonds is 7. The number of ether oxygens (including phenoxy) is 1. The second-order valence-corrected chi connectivity index (χ2v) is 8.87. The lowest BCUT2D eigenvalue weighted by Gasteiger charge is -2.07. The first-order chi connectivity index (χ1) is 13.0. The molecule has 0 atom stereocenters. The van der Waals surface area contributed by atoms with E-state index in [1.54, 1.807) is 54.6 Å². The van der Waals surface area contributed by atoms with Crippen molar-refractivity contribution in [2.24, 2.45) is 0 Å². The lowest BCUT2D eigenvalue weighted by atomic mass is 10.1. The van der Waals surface area contributed by atoms with Crippen molar-refractivity contribution in [3.05, 3.63) is 81.8 Å². The molecule has 0 aliphatic heterocycles. The predicted molar refractivity (Wildman–Crippen MR) is 104 cm³/mol. The van der Waals surface area contributed by atoms with Crippen LogP contribution in [0.15, 0.2) is 64.9 Å². The maximum Gasteiger partial charge on any atom is 0.338 e. The van der Waals surface area contributed by atoms with Gasteiger partial charge in [-0.15, -0.1) is 11.3 Å². The highest BCUT2D eigenvalue weighted by molar-refractivity contribution is 7.90. The van der Waals surface area contributed by atoms with Crippen LogP contribution in [0.3, 0.4) is 0 Å². The van der Waals surface area contributed by atoms with Gasteiger partial charge in [-0.2, -0.15) is 0 Å². The first-order valence-electron chi connectivity index (χ1n) is 8.45. The summed E-state index contributed by atoms with van der Waals surface area (Å²) in [4.78, 5) is 16.9. The fourth-order valence-electron chi connectivity index (χ4n) is 2.52. The van der Waals surface area contributed by atoms with Crippen molar-refractivity contribution in [3.63, 3.8) is 0 Å². The molecule has 2 aromatic carbocycles. The Kier molecular flexibility index (Phi) is 6.03. The van der Waals surface area contributed by atoms with Crippen LogP contribution in [0.5, 0.6) is 0 Å². The number of hydrogen-bond donors (Lipinski definition) is 0. The Bertz CT molecular complexity index is 1030. The summed E-state index contributed by atoms with van der Waals surface area (Å²) in [6.07, 6.45) is 0.844. The second-order valence-electron chi connectivity index (χ2n) is 5.93. The Morgan fingerprint density at radius 2 is 1.89 bits per heavy atom. The number of thiazole rings is 1. The van der Waals surface area contributed by atoms with Gasteiger partial charge in [0.05, 0.1) is 26.9 Å². The maximum atomic E-state index is 12.5. The predicted octanol–water partition coefficient (Wildman–Crippen LogP) is 4.04. The lowest BCUT2D eigenvalue weighted by Crippen LogP contribution is -2.08. The monoisotopic (exact) mass is 401 g/mol. The van der Waals surface area contributed by atoms with Crippen LogP contribution < -0.4 is 0 Å². The molecule has 3 aromatic rings. The standard InChI is InChI=1S/C20H19NO4S2/c1-2-19-21-17(13-26-19)12-25-20(22)16-8-6-7-15(11-16)14-27(23,24)18-9-4-3-5-10-18/h3-11,13H,2,12,14H2,1H3. The van der Waals surface area contributed by atoms with Crippen molar-refractivity contribution in [1.29, 1.82) is 0 Å². The van der Waals surface area contributed by atoms with Gasteiger partial charge >= 0.3 is 5.97 Å². The molecular formula is C20H19NO4S2. The molecular weight excluding hydrogens is 382 g/mol. The number of hydrogen-bond acceptors (Lipinski definition) is 6. The van der Waals surface area contributed by atoms with Gasteiger partial charge in [0, 0.05) is 5.38 Å². The van der Waals surface area contributed by atoms with Crippen LogP contribution in [-0.4, -0.2) is 19.4 Å². The minimum Gasteiger partial charge on any atom is -0.456 e. The summed E-state index contributed by atoms with van der Waals surface area (Å²) in [6, 6.07) is 14.8. The van der Waals surface area contributed by atoms with Gasteiger partial charge in [0.15, 0.2) is 9.84 Å². The topological polar surface area (TPSA) is 73.3 Å². The molecule has 0 bridgehead atoms. The van der Waals surface area contributed by atoms with Crippen LogP contribution in [0.1, 0.15) is 33.5 Å². The molecule has 0 spiro atoms. The van der Waals surface area contributed by atoms with Crippen LogP contribution >= 0.6 is 11.3 Å². The van der Waals surface area contributed by atoms with E-state index < -0.39 is 15.8 Å². The average Bonchev–Trinajstić information content (AvgIpc) is 3.15. The fraction of sp³-hybridized carbons (Fsp3) is 0.200. The van der Waals surface area contributed by atoms with E-state index in [1.165, 1.54) is 11.3 Å². The number of nitrogens with zero attached hydrogens (tertiary/aromatic N) is 1. The molecule has 0 amide bonds. The molecule has 1 heterocycles. The number of aromatic nitrogens is 1. The molecule has 3 rings (SSSR count). The smallest absolute Gasteiger partial charge is 0.338 e. The Balaban J connectivity index is 1.68. The third-order valence-electron chi connectivity index (χ3n) is 3.87. The van der Waals surface area contributed by atoms with Crippen LogP contribution in [0, 0.1) is 0 Å². The van der Waals surface area contributed by atoms with Gasteiger partial charge < -0.3 is 4.74 Å². The third kappa shape index (κ3) is 5.02. The number of aryl methyl sites for hydroxylation is 1. The highest BCUT2D eigenvalue weighted by Gasteiger charge is 2.16. The van der Waals surface area contributed by atoms with Crippen molar-refractivity contribution >= 4 is 27.1 Å². The van der Waals surface area contributed by atoms with Crippen LogP contribution in [0.4, 0.5) is 0 Å². The summed E-state index contributed by atoms with van der Waals surface area (Å²) >= 11 is 1.53. The number of carbonyl (C=O) groups is 1. The van der Waals surface area contributed by atoms with Crippen LogP contribution in [-0.2, 0) is 33.4 Å². The molecule has 5 nitrogen and oxygen atoms in total. The lowest BCUT2D eigenvalue weighted by molar-refractivity contribution is 0.0468. The normalized spacial score (nSPS) is 11.3. The van der Waals surface area contributed by atoms with Gasteiger partial charge in [0.2, 0.25) is 0 Å². The molecule has 0 unspecified atom stereocenters. The van der Waals surface area contributed by atoms with E-state index in [0.29, 0.717) is 16.8 Å². The molecule has 0 N–H and O–H groups in total. The van der Waals surface area contributed by atoms with E-state index in [-0.39, 0.29) is 17.3 Å². The first kappa shape index (κ1) is 19.3. The van der Waals surface area contributed by atoms with Crippen molar-refractivity contribution in [2.45, 2.75) is 30.6 Å². The summed E-state index contributed by atoms with van der Waals surface area (Å²) in [5.41, 5.74) is 1.57. The van der Waals surface area contributed by atoms with Crippen molar-refractivity contribution < 1.29 is 17.9 Å². The fourth-order valence-corrected chi connectivity index (χ4v) is 4.61. The molecule has 0 radical (unpaired) electrons. The Morgan fingerprint density at radius 3 is 2.59 bits per heavy atom. The van der Waals surface area contributed by atoms with E-state index >= 15 is 0 Å². The largest absolute Gasteiger partial charge is 0.456 e. The van der Waals surface area contributed by atoms with E-state index in [2.05, 4.69) is 4.98 Å². The zero-order valence-electron chi connectivity index (χ0n) is 14.8. The zero-order chi connectivity index (χ0) is 19.3. The summed E-state index contributed by atoms with van der Waals surface area (Å²) in [7, 11) is -3.47. The van der Waals surface area contributed by atoms with Gasteiger partial charge in [0.1, 0.15) is 6.61 Å². The van der Waals surface area contributed by atoms with E-state index in [4.69, 9.17) is 4.74 Å².